The van der Waals surface area contributed by atoms with Crippen molar-refractivity contribution in [2.24, 2.45) is 0 Å². The molecule has 12 rings (SSSR count). The van der Waals surface area contributed by atoms with E-state index in [-0.39, 0.29) is 0 Å². The summed E-state index contributed by atoms with van der Waals surface area (Å²) in [7, 11) is 0. The molecule has 1 aliphatic rings. The third-order valence-electron chi connectivity index (χ3n) is 13.1. The second kappa shape index (κ2) is 14.7. The Kier molecular flexibility index (Phi) is 8.59. The maximum absolute atomic E-state index is 6.59. The molecule has 0 aliphatic heterocycles. The molecule has 9 aromatic carbocycles. The Balaban J connectivity index is 1.08. The van der Waals surface area contributed by atoms with E-state index in [0.717, 1.165) is 83.2 Å². The van der Waals surface area contributed by atoms with Gasteiger partial charge in [-0.05, 0) is 94.3 Å². The van der Waals surface area contributed by atoms with Crippen molar-refractivity contribution in [2.75, 3.05) is 4.90 Å². The minimum atomic E-state index is 0.567. The lowest BCUT2D eigenvalue weighted by Gasteiger charge is -2.30. The van der Waals surface area contributed by atoms with Crippen LogP contribution in [-0.2, 0) is 0 Å². The molecule has 0 N–H and O–H groups in total. The molecule has 0 unspecified atom stereocenters. The van der Waals surface area contributed by atoms with Gasteiger partial charge in [-0.1, -0.05) is 171 Å². The van der Waals surface area contributed by atoms with Crippen molar-refractivity contribution in [1.82, 2.24) is 0 Å². The summed E-state index contributed by atoms with van der Waals surface area (Å²) in [6.07, 6.45) is 6.42. The van der Waals surface area contributed by atoms with Gasteiger partial charge in [0.15, 0.2) is 0 Å². The predicted octanol–water partition coefficient (Wildman–Crippen LogP) is 17.2. The molecule has 1 saturated carbocycles. The molecule has 0 atom stereocenters. The van der Waals surface area contributed by atoms with Crippen LogP contribution in [0.2, 0.25) is 0 Å². The molecular formula is C58H43NO2. The zero-order valence-electron chi connectivity index (χ0n) is 33.9. The van der Waals surface area contributed by atoms with Crippen LogP contribution in [-0.4, -0.2) is 0 Å². The van der Waals surface area contributed by atoms with E-state index in [4.69, 9.17) is 8.83 Å². The molecule has 292 valence electrons. The summed E-state index contributed by atoms with van der Waals surface area (Å²) in [5, 5.41) is 7.18. The summed E-state index contributed by atoms with van der Waals surface area (Å²) in [6, 6.07) is 70.3. The summed E-state index contributed by atoms with van der Waals surface area (Å²) < 4.78 is 13.2. The van der Waals surface area contributed by atoms with E-state index in [2.05, 4.69) is 187 Å². The Morgan fingerprint density at radius 3 is 1.52 bits per heavy atom. The predicted molar refractivity (Wildman–Crippen MR) is 255 cm³/mol. The smallest absolute Gasteiger partial charge is 0.143 e. The average molecular weight is 786 g/mol. The number of fused-ring (bicyclic) bond motifs is 7. The van der Waals surface area contributed by atoms with Gasteiger partial charge in [-0.15, -0.1) is 0 Å². The van der Waals surface area contributed by atoms with E-state index in [9.17, 15) is 0 Å². The third-order valence-corrected chi connectivity index (χ3v) is 13.1. The molecule has 0 saturated heterocycles. The SMILES string of the molecule is c1cc(-c2cccc3c2oc2ccccc23)cc(N(c2cccc(-c3cccc4c3oc3ccccc34)c2)c2ccccc2-c2cccc3cccc(C4CCCCC4)c23)c1. The topological polar surface area (TPSA) is 29.5 Å². The molecular weight excluding hydrogens is 743 g/mol. The normalized spacial score (nSPS) is 13.5. The standard InChI is InChI=1S/C58H43NO2/c1-2-16-38(17-3-1)44-27-12-18-39-19-13-30-50(56(39)44)47-24-4-7-33-53(47)59(42-22-10-20-40(36-42)45-28-14-31-51-48-25-5-8-34-54(48)60-57(45)51)43-23-11-21-41(37-43)46-29-15-32-52-49-26-6-9-35-55(49)61-58(46)52/h4-15,18-38H,1-3,16-17H2. The van der Waals surface area contributed by atoms with Crippen molar-refractivity contribution in [2.45, 2.75) is 38.0 Å². The quantitative estimate of drug-likeness (QED) is 0.161. The van der Waals surface area contributed by atoms with Crippen LogP contribution in [0.5, 0.6) is 0 Å². The molecule has 61 heavy (non-hydrogen) atoms. The molecule has 3 nitrogen and oxygen atoms in total. The third kappa shape index (κ3) is 6.03. The van der Waals surface area contributed by atoms with Gasteiger partial charge in [0, 0.05) is 49.6 Å². The molecule has 1 aliphatic carbocycles. The fourth-order valence-corrected chi connectivity index (χ4v) is 10.2. The first-order valence-electron chi connectivity index (χ1n) is 21.7. The van der Waals surface area contributed by atoms with Crippen LogP contribution in [0.25, 0.3) is 88.0 Å². The molecule has 2 heterocycles. The van der Waals surface area contributed by atoms with Gasteiger partial charge in [0.2, 0.25) is 0 Å². The zero-order chi connectivity index (χ0) is 40.3. The molecule has 1 fully saturated rings. The van der Waals surface area contributed by atoms with Gasteiger partial charge in [0.05, 0.1) is 5.69 Å². The highest BCUT2D eigenvalue weighted by Gasteiger charge is 2.24. The number of hydrogen-bond donors (Lipinski definition) is 0. The summed E-state index contributed by atoms with van der Waals surface area (Å²) in [5.41, 5.74) is 15.1. The van der Waals surface area contributed by atoms with E-state index >= 15 is 0 Å². The Bertz CT molecular complexity index is 3270. The second-order valence-corrected chi connectivity index (χ2v) is 16.6. The van der Waals surface area contributed by atoms with Gasteiger partial charge >= 0.3 is 0 Å². The van der Waals surface area contributed by atoms with Crippen molar-refractivity contribution >= 4 is 71.7 Å². The van der Waals surface area contributed by atoms with Crippen molar-refractivity contribution in [3.05, 3.63) is 200 Å². The van der Waals surface area contributed by atoms with Gasteiger partial charge in [0.25, 0.3) is 0 Å². The number of hydrogen-bond acceptors (Lipinski definition) is 3. The number of benzene rings is 9. The van der Waals surface area contributed by atoms with Crippen molar-refractivity contribution in [3.63, 3.8) is 0 Å². The molecule has 0 radical (unpaired) electrons. The summed E-state index contributed by atoms with van der Waals surface area (Å²) in [6.45, 7) is 0. The Hall–Kier alpha value is -7.36. The first kappa shape index (κ1) is 35.6. The number of nitrogens with zero attached hydrogens (tertiary/aromatic N) is 1. The molecule has 0 amide bonds. The fourth-order valence-electron chi connectivity index (χ4n) is 10.2. The van der Waals surface area contributed by atoms with Gasteiger partial charge < -0.3 is 13.7 Å². The first-order chi connectivity index (χ1) is 30.3. The Morgan fingerprint density at radius 1 is 0.393 bits per heavy atom. The van der Waals surface area contributed by atoms with Gasteiger partial charge in [0.1, 0.15) is 22.3 Å². The zero-order valence-corrected chi connectivity index (χ0v) is 33.9. The Labute approximate surface area is 355 Å². The molecule has 11 aromatic rings. The summed E-state index contributed by atoms with van der Waals surface area (Å²) >= 11 is 0. The monoisotopic (exact) mass is 785 g/mol. The highest BCUT2D eigenvalue weighted by atomic mass is 16.3. The maximum Gasteiger partial charge on any atom is 0.143 e. The molecule has 3 heteroatoms. The van der Waals surface area contributed by atoms with Crippen LogP contribution in [0.1, 0.15) is 43.6 Å². The number of furan rings is 2. The van der Waals surface area contributed by atoms with E-state index in [1.807, 2.05) is 12.1 Å². The van der Waals surface area contributed by atoms with Crippen molar-refractivity contribution in [3.8, 4) is 33.4 Å². The highest BCUT2D eigenvalue weighted by Crippen LogP contribution is 2.47. The van der Waals surface area contributed by atoms with Gasteiger partial charge in [-0.3, -0.25) is 0 Å². The largest absolute Gasteiger partial charge is 0.455 e. The van der Waals surface area contributed by atoms with E-state index in [1.165, 1.54) is 59.6 Å². The highest BCUT2D eigenvalue weighted by molar-refractivity contribution is 6.11. The van der Waals surface area contributed by atoms with Crippen LogP contribution >= 0.6 is 0 Å². The van der Waals surface area contributed by atoms with Crippen LogP contribution in [0, 0.1) is 0 Å². The number of para-hydroxylation sites is 5. The number of anilines is 3. The van der Waals surface area contributed by atoms with Crippen LogP contribution in [0.4, 0.5) is 17.1 Å². The molecule has 0 bridgehead atoms. The summed E-state index contributed by atoms with van der Waals surface area (Å²) in [4.78, 5) is 2.45. The number of rotatable bonds is 7. The van der Waals surface area contributed by atoms with Crippen molar-refractivity contribution < 1.29 is 8.83 Å². The van der Waals surface area contributed by atoms with Gasteiger partial charge in [-0.2, -0.15) is 0 Å². The minimum Gasteiger partial charge on any atom is -0.455 e. The maximum atomic E-state index is 6.59. The van der Waals surface area contributed by atoms with E-state index < -0.39 is 0 Å². The van der Waals surface area contributed by atoms with E-state index in [0.29, 0.717) is 5.92 Å². The van der Waals surface area contributed by atoms with Crippen LogP contribution in [0.3, 0.4) is 0 Å². The van der Waals surface area contributed by atoms with Crippen LogP contribution in [0.15, 0.2) is 203 Å². The lowest BCUT2D eigenvalue weighted by Crippen LogP contribution is -2.12. The lowest BCUT2D eigenvalue weighted by molar-refractivity contribution is 0.445. The van der Waals surface area contributed by atoms with E-state index in [1.54, 1.807) is 0 Å². The molecule has 0 spiro atoms. The summed E-state index contributed by atoms with van der Waals surface area (Å²) in [5.74, 6) is 0.567. The average Bonchev–Trinajstić information content (AvgIpc) is 3.91. The lowest BCUT2D eigenvalue weighted by atomic mass is 9.80. The van der Waals surface area contributed by atoms with Gasteiger partial charge in [-0.25, -0.2) is 0 Å². The fraction of sp³-hybridized carbons (Fsp3) is 0.103. The van der Waals surface area contributed by atoms with Crippen molar-refractivity contribution in [1.29, 1.82) is 0 Å². The second-order valence-electron chi connectivity index (χ2n) is 16.6. The minimum absolute atomic E-state index is 0.567. The molecule has 2 aromatic heterocycles. The Morgan fingerprint density at radius 2 is 0.885 bits per heavy atom. The van der Waals surface area contributed by atoms with Crippen LogP contribution < -0.4 is 4.90 Å². The first-order valence-corrected chi connectivity index (χ1v) is 21.7.